The summed E-state index contributed by atoms with van der Waals surface area (Å²) in [4.78, 5) is 37.0. The first kappa shape index (κ1) is 18.4. The monoisotopic (exact) mass is 366 g/mol. The van der Waals surface area contributed by atoms with Gasteiger partial charge in [-0.25, -0.2) is 4.79 Å². The van der Waals surface area contributed by atoms with Crippen molar-refractivity contribution in [1.82, 2.24) is 14.5 Å². The van der Waals surface area contributed by atoms with Gasteiger partial charge < -0.3 is 10.6 Å². The zero-order chi connectivity index (χ0) is 19.4. The number of nitrogens with one attached hydrogen (secondary N) is 2. The highest BCUT2D eigenvalue weighted by Gasteiger charge is 2.15. The van der Waals surface area contributed by atoms with Crippen LogP contribution in [0, 0.1) is 0 Å². The summed E-state index contributed by atoms with van der Waals surface area (Å²) in [6.07, 6.45) is 0.826. The van der Waals surface area contributed by atoms with E-state index in [2.05, 4.69) is 10.6 Å². The van der Waals surface area contributed by atoms with Crippen molar-refractivity contribution in [2.24, 2.45) is 0 Å². The van der Waals surface area contributed by atoms with Crippen LogP contribution in [-0.4, -0.2) is 28.0 Å². The van der Waals surface area contributed by atoms with Gasteiger partial charge in [0.1, 0.15) is 6.54 Å². The first-order chi connectivity index (χ1) is 13.0. The average Bonchev–Trinajstić information content (AvgIpc) is 2.94. The van der Waals surface area contributed by atoms with Gasteiger partial charge in [-0.05, 0) is 36.8 Å². The molecule has 0 spiro atoms. The van der Waals surface area contributed by atoms with Crippen LogP contribution in [0.25, 0.3) is 11.0 Å². The summed E-state index contributed by atoms with van der Waals surface area (Å²) in [5.74, 6) is -0.560. The molecular weight excluding hydrogens is 344 g/mol. The molecule has 3 aromatic rings. The van der Waals surface area contributed by atoms with Gasteiger partial charge in [-0.3, -0.25) is 18.7 Å². The van der Waals surface area contributed by atoms with Gasteiger partial charge in [-0.15, -0.1) is 0 Å². The van der Waals surface area contributed by atoms with Crippen molar-refractivity contribution < 1.29 is 9.59 Å². The summed E-state index contributed by atoms with van der Waals surface area (Å²) in [6, 6.07) is 14.1. The van der Waals surface area contributed by atoms with Crippen LogP contribution in [0.2, 0.25) is 0 Å². The SMILES string of the molecule is CCCn1c(=O)n(CC(=O)Nc2cccc(C(=O)NC)c2)c2ccccc21. The second-order valence-electron chi connectivity index (χ2n) is 6.22. The molecular formula is C20H22N4O3. The molecule has 2 aromatic carbocycles. The van der Waals surface area contributed by atoms with E-state index in [1.54, 1.807) is 35.9 Å². The average molecular weight is 366 g/mol. The molecule has 0 aliphatic carbocycles. The third kappa shape index (κ3) is 3.76. The van der Waals surface area contributed by atoms with E-state index in [1.165, 1.54) is 4.57 Å². The molecule has 7 nitrogen and oxygen atoms in total. The number of anilines is 1. The molecule has 3 rings (SSSR count). The second-order valence-corrected chi connectivity index (χ2v) is 6.22. The van der Waals surface area contributed by atoms with Gasteiger partial charge in [0.2, 0.25) is 5.91 Å². The van der Waals surface area contributed by atoms with E-state index in [-0.39, 0.29) is 24.0 Å². The number of rotatable bonds is 6. The van der Waals surface area contributed by atoms with Gasteiger partial charge in [-0.1, -0.05) is 25.1 Å². The lowest BCUT2D eigenvalue weighted by molar-refractivity contribution is -0.116. The fourth-order valence-corrected chi connectivity index (χ4v) is 3.09. The number of carbonyl (C=O) groups excluding carboxylic acids is 2. The van der Waals surface area contributed by atoms with Crippen LogP contribution in [0.3, 0.4) is 0 Å². The van der Waals surface area contributed by atoms with E-state index in [1.807, 2.05) is 31.2 Å². The normalized spacial score (nSPS) is 10.7. The Balaban J connectivity index is 1.86. The minimum Gasteiger partial charge on any atom is -0.355 e. The molecule has 0 atom stereocenters. The maximum absolute atomic E-state index is 12.7. The molecule has 0 aliphatic rings. The Bertz CT molecular complexity index is 1050. The molecule has 1 aromatic heterocycles. The fraction of sp³-hybridized carbons (Fsp3) is 0.250. The number of para-hydroxylation sites is 2. The Morgan fingerprint density at radius 2 is 1.70 bits per heavy atom. The minimum absolute atomic E-state index is 0.0970. The third-order valence-corrected chi connectivity index (χ3v) is 4.31. The molecule has 0 bridgehead atoms. The largest absolute Gasteiger partial charge is 0.355 e. The number of imidazole rings is 1. The number of carbonyl (C=O) groups is 2. The van der Waals surface area contributed by atoms with Crippen LogP contribution in [0.15, 0.2) is 53.3 Å². The maximum Gasteiger partial charge on any atom is 0.329 e. The minimum atomic E-state index is -0.328. The van der Waals surface area contributed by atoms with Crippen LogP contribution >= 0.6 is 0 Å². The van der Waals surface area contributed by atoms with Gasteiger partial charge in [0.15, 0.2) is 0 Å². The molecule has 7 heteroatoms. The third-order valence-electron chi connectivity index (χ3n) is 4.31. The maximum atomic E-state index is 12.7. The van der Waals surface area contributed by atoms with E-state index < -0.39 is 0 Å². The smallest absolute Gasteiger partial charge is 0.329 e. The fourth-order valence-electron chi connectivity index (χ4n) is 3.09. The Labute approximate surface area is 156 Å². The molecule has 0 unspecified atom stereocenters. The summed E-state index contributed by atoms with van der Waals surface area (Å²) in [5.41, 5.74) is 2.30. The molecule has 0 fully saturated rings. The molecule has 27 heavy (non-hydrogen) atoms. The van der Waals surface area contributed by atoms with Gasteiger partial charge in [0, 0.05) is 24.8 Å². The van der Waals surface area contributed by atoms with Crippen molar-refractivity contribution in [2.45, 2.75) is 26.4 Å². The lowest BCUT2D eigenvalue weighted by Crippen LogP contribution is -2.29. The van der Waals surface area contributed by atoms with E-state index in [0.29, 0.717) is 17.8 Å². The summed E-state index contributed by atoms with van der Waals surface area (Å²) in [6.45, 7) is 2.51. The number of hydrogen-bond acceptors (Lipinski definition) is 3. The molecule has 140 valence electrons. The summed E-state index contributed by atoms with van der Waals surface area (Å²) in [5, 5.41) is 5.30. The number of nitrogens with zero attached hydrogens (tertiary/aromatic N) is 2. The summed E-state index contributed by atoms with van der Waals surface area (Å²) >= 11 is 0. The standard InChI is InChI=1S/C20H22N4O3/c1-3-11-23-16-9-4-5-10-17(16)24(20(23)27)13-18(25)22-15-8-6-7-14(12-15)19(26)21-2/h4-10,12H,3,11,13H2,1-2H3,(H,21,26)(H,22,25). The lowest BCUT2D eigenvalue weighted by Gasteiger charge is -2.08. The first-order valence-electron chi connectivity index (χ1n) is 8.85. The van der Waals surface area contributed by atoms with Crippen LogP contribution in [0.1, 0.15) is 23.7 Å². The summed E-state index contributed by atoms with van der Waals surface area (Å²) in [7, 11) is 1.55. The van der Waals surface area contributed by atoms with E-state index in [9.17, 15) is 14.4 Å². The second kappa shape index (κ2) is 7.90. The highest BCUT2D eigenvalue weighted by Crippen LogP contribution is 2.14. The van der Waals surface area contributed by atoms with Crippen LogP contribution < -0.4 is 16.3 Å². The molecule has 2 N–H and O–H groups in total. The molecule has 0 saturated heterocycles. The van der Waals surface area contributed by atoms with Crippen LogP contribution in [-0.2, 0) is 17.9 Å². The van der Waals surface area contributed by atoms with Crippen molar-refractivity contribution in [3.8, 4) is 0 Å². The number of aryl methyl sites for hydroxylation is 1. The highest BCUT2D eigenvalue weighted by molar-refractivity contribution is 5.97. The van der Waals surface area contributed by atoms with Crippen LogP contribution in [0.5, 0.6) is 0 Å². The van der Waals surface area contributed by atoms with Gasteiger partial charge in [-0.2, -0.15) is 0 Å². The first-order valence-corrected chi connectivity index (χ1v) is 8.85. The Kier molecular flexibility index (Phi) is 5.40. The number of benzene rings is 2. The number of hydrogen-bond donors (Lipinski definition) is 2. The van der Waals surface area contributed by atoms with Crippen molar-refractivity contribution in [3.05, 3.63) is 64.6 Å². The van der Waals surface area contributed by atoms with Gasteiger partial charge >= 0.3 is 5.69 Å². The van der Waals surface area contributed by atoms with Crippen molar-refractivity contribution >= 4 is 28.5 Å². The number of aromatic nitrogens is 2. The van der Waals surface area contributed by atoms with Crippen molar-refractivity contribution in [2.75, 3.05) is 12.4 Å². The Hall–Kier alpha value is -3.35. The van der Waals surface area contributed by atoms with E-state index in [4.69, 9.17) is 0 Å². The van der Waals surface area contributed by atoms with Gasteiger partial charge in [0.25, 0.3) is 5.91 Å². The molecule has 0 aliphatic heterocycles. The number of amides is 2. The molecule has 1 heterocycles. The zero-order valence-electron chi connectivity index (χ0n) is 15.4. The number of fused-ring (bicyclic) bond motifs is 1. The Morgan fingerprint density at radius 1 is 1.00 bits per heavy atom. The molecule has 0 saturated carbocycles. The predicted octanol–water partition coefficient (Wildman–Crippen LogP) is 2.21. The lowest BCUT2D eigenvalue weighted by atomic mass is 10.2. The van der Waals surface area contributed by atoms with Gasteiger partial charge in [0.05, 0.1) is 11.0 Å². The summed E-state index contributed by atoms with van der Waals surface area (Å²) < 4.78 is 3.16. The topological polar surface area (TPSA) is 85.1 Å². The van der Waals surface area contributed by atoms with Crippen LogP contribution in [0.4, 0.5) is 5.69 Å². The molecule has 2 amide bonds. The van der Waals surface area contributed by atoms with E-state index >= 15 is 0 Å². The predicted molar refractivity (Wildman–Crippen MR) is 105 cm³/mol. The zero-order valence-corrected chi connectivity index (χ0v) is 15.4. The van der Waals surface area contributed by atoms with Crippen molar-refractivity contribution in [3.63, 3.8) is 0 Å². The molecule has 0 radical (unpaired) electrons. The highest BCUT2D eigenvalue weighted by atomic mass is 16.2. The van der Waals surface area contributed by atoms with Crippen molar-refractivity contribution in [1.29, 1.82) is 0 Å². The quantitative estimate of drug-likeness (QED) is 0.701. The van der Waals surface area contributed by atoms with E-state index in [0.717, 1.165) is 17.5 Å². The Morgan fingerprint density at radius 3 is 2.37 bits per heavy atom.